The van der Waals surface area contributed by atoms with Crippen molar-refractivity contribution in [2.75, 3.05) is 6.54 Å². The normalized spacial score (nSPS) is 11.2. The van der Waals surface area contributed by atoms with Crippen LogP contribution in [0, 0.1) is 0 Å². The predicted octanol–water partition coefficient (Wildman–Crippen LogP) is 5.35. The lowest BCUT2D eigenvalue weighted by atomic mass is 10.0. The summed E-state index contributed by atoms with van der Waals surface area (Å²) in [4.78, 5) is 9.28. The second-order valence-electron chi connectivity index (χ2n) is 7.55. The number of hydrogen-bond acceptors (Lipinski definition) is 5. The lowest BCUT2D eigenvalue weighted by Crippen LogP contribution is -2.14. The Balaban J connectivity index is 1.44. The molecule has 5 heteroatoms. The van der Waals surface area contributed by atoms with Crippen LogP contribution in [0.4, 0.5) is 0 Å². The van der Waals surface area contributed by atoms with Gasteiger partial charge in [-0.05, 0) is 55.5 Å². The summed E-state index contributed by atoms with van der Waals surface area (Å²) in [5.41, 5.74) is 4.52. The first-order valence-corrected chi connectivity index (χ1v) is 10.8. The molecule has 0 fully saturated rings. The van der Waals surface area contributed by atoms with Gasteiger partial charge in [-0.1, -0.05) is 54.5 Å². The molecule has 154 valence electrons. The first kappa shape index (κ1) is 20.2. The zero-order valence-electron chi connectivity index (χ0n) is 17.5. The van der Waals surface area contributed by atoms with E-state index < -0.39 is 0 Å². The van der Waals surface area contributed by atoms with Crippen molar-refractivity contribution in [3.05, 3.63) is 77.8 Å². The summed E-state index contributed by atoms with van der Waals surface area (Å²) in [6.07, 6.45) is 6.96. The highest BCUT2D eigenvalue weighted by molar-refractivity contribution is 5.94. The molecular formula is C25H28N4O. The smallest absolute Gasteiger partial charge is 0.226 e. The number of nitrogens with zero attached hydrogens (tertiary/aromatic N) is 3. The molecular weight excluding hydrogens is 372 g/mol. The van der Waals surface area contributed by atoms with Gasteiger partial charge in [0, 0.05) is 30.1 Å². The van der Waals surface area contributed by atoms with E-state index in [1.54, 1.807) is 0 Å². The second kappa shape index (κ2) is 10.1. The molecule has 0 aliphatic heterocycles. The maximum atomic E-state index is 5.54. The van der Waals surface area contributed by atoms with E-state index in [9.17, 15) is 0 Å². The van der Waals surface area contributed by atoms with Gasteiger partial charge in [-0.2, -0.15) is 4.98 Å². The molecule has 30 heavy (non-hydrogen) atoms. The molecule has 2 heterocycles. The number of hydrogen-bond donors (Lipinski definition) is 1. The Hall–Kier alpha value is -3.05. The van der Waals surface area contributed by atoms with Crippen LogP contribution in [0.5, 0.6) is 0 Å². The average molecular weight is 401 g/mol. The maximum Gasteiger partial charge on any atom is 0.226 e. The Morgan fingerprint density at radius 1 is 0.933 bits per heavy atom. The van der Waals surface area contributed by atoms with Gasteiger partial charge in [-0.3, -0.25) is 4.98 Å². The molecule has 0 saturated heterocycles. The van der Waals surface area contributed by atoms with Crippen molar-refractivity contribution in [3.8, 4) is 11.4 Å². The fourth-order valence-electron chi connectivity index (χ4n) is 3.68. The lowest BCUT2D eigenvalue weighted by molar-refractivity contribution is 0.375. The van der Waals surface area contributed by atoms with Gasteiger partial charge in [0.25, 0.3) is 0 Å². The first-order valence-electron chi connectivity index (χ1n) is 10.8. The molecule has 2 aromatic carbocycles. The number of aryl methyl sites for hydroxylation is 2. The van der Waals surface area contributed by atoms with E-state index in [2.05, 4.69) is 75.9 Å². The van der Waals surface area contributed by atoms with Crippen molar-refractivity contribution < 1.29 is 4.52 Å². The van der Waals surface area contributed by atoms with Crippen molar-refractivity contribution in [2.24, 2.45) is 0 Å². The predicted molar refractivity (Wildman–Crippen MR) is 120 cm³/mol. The van der Waals surface area contributed by atoms with E-state index in [-0.39, 0.29) is 0 Å². The molecule has 0 amide bonds. The molecule has 0 unspecified atom stereocenters. The Morgan fingerprint density at radius 2 is 1.80 bits per heavy atom. The van der Waals surface area contributed by atoms with Gasteiger partial charge in [0.1, 0.15) is 0 Å². The molecule has 4 aromatic rings. The number of pyridine rings is 1. The van der Waals surface area contributed by atoms with Crippen molar-refractivity contribution >= 4 is 10.9 Å². The van der Waals surface area contributed by atoms with Gasteiger partial charge in [0.15, 0.2) is 0 Å². The molecule has 0 bridgehead atoms. The van der Waals surface area contributed by atoms with Gasteiger partial charge < -0.3 is 9.84 Å². The van der Waals surface area contributed by atoms with Crippen LogP contribution in [-0.4, -0.2) is 21.7 Å². The summed E-state index contributed by atoms with van der Waals surface area (Å²) < 4.78 is 5.54. The minimum atomic E-state index is 0.638. The van der Waals surface area contributed by atoms with Crippen LogP contribution in [0.3, 0.4) is 0 Å². The molecule has 0 aliphatic rings. The highest BCUT2D eigenvalue weighted by Gasteiger charge is 2.14. The topological polar surface area (TPSA) is 63.8 Å². The third-order valence-corrected chi connectivity index (χ3v) is 5.25. The van der Waals surface area contributed by atoms with Crippen LogP contribution in [-0.2, 0) is 19.4 Å². The van der Waals surface area contributed by atoms with E-state index >= 15 is 0 Å². The maximum absolute atomic E-state index is 5.54. The number of fused-ring (bicyclic) bond motifs is 1. The first-order chi connectivity index (χ1) is 14.8. The van der Waals surface area contributed by atoms with Gasteiger partial charge in [-0.15, -0.1) is 0 Å². The minimum absolute atomic E-state index is 0.638. The van der Waals surface area contributed by atoms with Crippen molar-refractivity contribution in [1.82, 2.24) is 20.4 Å². The van der Waals surface area contributed by atoms with Crippen molar-refractivity contribution in [2.45, 2.75) is 45.6 Å². The molecule has 5 nitrogen and oxygen atoms in total. The summed E-state index contributed by atoms with van der Waals surface area (Å²) >= 11 is 0. The van der Waals surface area contributed by atoms with Crippen LogP contribution in [0.15, 0.2) is 65.3 Å². The van der Waals surface area contributed by atoms with Crippen LogP contribution in [0.2, 0.25) is 0 Å². The molecule has 0 radical (unpaired) electrons. The van der Waals surface area contributed by atoms with Gasteiger partial charge >= 0.3 is 0 Å². The number of rotatable bonds is 10. The molecule has 0 spiro atoms. The summed E-state index contributed by atoms with van der Waals surface area (Å²) in [5.74, 6) is 1.34. The van der Waals surface area contributed by atoms with E-state index in [4.69, 9.17) is 4.52 Å². The van der Waals surface area contributed by atoms with Crippen LogP contribution in [0.1, 0.15) is 43.2 Å². The van der Waals surface area contributed by atoms with Crippen molar-refractivity contribution in [3.63, 3.8) is 0 Å². The number of aromatic nitrogens is 3. The number of unbranched alkanes of at least 4 members (excludes halogenated alkanes) is 1. The summed E-state index contributed by atoms with van der Waals surface area (Å²) in [6.45, 7) is 3.97. The Bertz CT molecular complexity index is 1070. The van der Waals surface area contributed by atoms with Gasteiger partial charge in [0.2, 0.25) is 11.7 Å². The largest absolute Gasteiger partial charge is 0.339 e. The van der Waals surface area contributed by atoms with Gasteiger partial charge in [0.05, 0.1) is 5.52 Å². The minimum Gasteiger partial charge on any atom is -0.339 e. The lowest BCUT2D eigenvalue weighted by Gasteiger charge is -2.09. The zero-order chi connectivity index (χ0) is 20.6. The zero-order valence-corrected chi connectivity index (χ0v) is 17.5. The van der Waals surface area contributed by atoms with E-state index in [0.717, 1.165) is 61.7 Å². The quantitative estimate of drug-likeness (QED) is 0.364. The van der Waals surface area contributed by atoms with Gasteiger partial charge in [-0.25, -0.2) is 0 Å². The van der Waals surface area contributed by atoms with E-state index in [1.807, 2.05) is 12.3 Å². The molecule has 1 N–H and O–H groups in total. The summed E-state index contributed by atoms with van der Waals surface area (Å²) in [5, 5.41) is 8.77. The van der Waals surface area contributed by atoms with Crippen LogP contribution < -0.4 is 5.32 Å². The Labute approximate surface area is 177 Å². The number of benzene rings is 2. The van der Waals surface area contributed by atoms with E-state index in [1.165, 1.54) is 11.1 Å². The monoisotopic (exact) mass is 400 g/mol. The SMILES string of the molecule is CCCNCc1ccc(-c2noc(CCCCc3ccccc3)n2)c2cccnc12. The molecule has 0 atom stereocenters. The fourth-order valence-corrected chi connectivity index (χ4v) is 3.68. The van der Waals surface area contributed by atoms with Crippen LogP contribution >= 0.6 is 0 Å². The van der Waals surface area contributed by atoms with Crippen LogP contribution in [0.25, 0.3) is 22.3 Å². The Morgan fingerprint density at radius 3 is 2.67 bits per heavy atom. The Kier molecular flexibility index (Phi) is 6.83. The number of nitrogens with one attached hydrogen (secondary N) is 1. The molecule has 4 rings (SSSR count). The molecule has 2 aromatic heterocycles. The van der Waals surface area contributed by atoms with Crippen molar-refractivity contribution in [1.29, 1.82) is 0 Å². The third-order valence-electron chi connectivity index (χ3n) is 5.25. The molecule has 0 saturated carbocycles. The molecule has 0 aliphatic carbocycles. The fraction of sp³-hybridized carbons (Fsp3) is 0.320. The highest BCUT2D eigenvalue weighted by atomic mass is 16.5. The average Bonchev–Trinajstić information content (AvgIpc) is 3.26. The summed E-state index contributed by atoms with van der Waals surface area (Å²) in [6, 6.07) is 18.8. The van der Waals surface area contributed by atoms with E-state index in [0.29, 0.717) is 11.7 Å². The third kappa shape index (κ3) is 4.92. The second-order valence-corrected chi connectivity index (χ2v) is 7.55. The highest BCUT2D eigenvalue weighted by Crippen LogP contribution is 2.28. The standard InChI is InChI=1S/C25H28N4O/c1-2-16-26-18-20-14-15-22(21-12-8-17-27-24(20)21)25-28-23(30-29-25)13-7-6-11-19-9-4-3-5-10-19/h3-5,8-10,12,14-15,17,26H,2,6-7,11,13,16,18H2,1H3. The summed E-state index contributed by atoms with van der Waals surface area (Å²) in [7, 11) is 0.